The molecule has 0 atom stereocenters. The Bertz CT molecular complexity index is 1240. The van der Waals surface area contributed by atoms with E-state index >= 15 is 0 Å². The van der Waals surface area contributed by atoms with E-state index in [-0.39, 0.29) is 6.42 Å². The fraction of sp³-hybridized carbons (Fsp3) is 0.227. The summed E-state index contributed by atoms with van der Waals surface area (Å²) in [7, 11) is 0. The first-order valence-corrected chi connectivity index (χ1v) is 10.2. The number of halogens is 3. The molecule has 0 radical (unpaired) electrons. The minimum atomic E-state index is -4.36. The summed E-state index contributed by atoms with van der Waals surface area (Å²) in [6.45, 7) is 1.86. The second kappa shape index (κ2) is 8.14. The van der Waals surface area contributed by atoms with Crippen LogP contribution in [0.4, 0.5) is 13.2 Å². The van der Waals surface area contributed by atoms with Crippen molar-refractivity contribution >= 4 is 28.4 Å². The molecule has 0 aliphatic heterocycles. The number of hydrogen-bond acceptors (Lipinski definition) is 5. The number of oxazole rings is 1. The van der Waals surface area contributed by atoms with E-state index in [2.05, 4.69) is 9.97 Å². The van der Waals surface area contributed by atoms with Gasteiger partial charge in [-0.2, -0.15) is 13.2 Å². The number of carboxylic acids is 1. The second-order valence-electron chi connectivity index (χ2n) is 7.08. The zero-order chi connectivity index (χ0) is 22.2. The molecule has 0 unspecified atom stereocenters. The number of aliphatic carboxylic acids is 1. The number of nitrogens with zero attached hydrogens (tertiary/aromatic N) is 2. The van der Waals surface area contributed by atoms with Crippen molar-refractivity contribution < 1.29 is 27.5 Å². The number of aryl methyl sites for hydroxylation is 3. The van der Waals surface area contributed by atoms with Crippen molar-refractivity contribution in [3.63, 3.8) is 0 Å². The number of aromatic nitrogens is 2. The summed E-state index contributed by atoms with van der Waals surface area (Å²) in [6.07, 6.45) is -3.30. The van der Waals surface area contributed by atoms with Gasteiger partial charge in [0.05, 0.1) is 17.7 Å². The van der Waals surface area contributed by atoms with Gasteiger partial charge in [0.25, 0.3) is 0 Å². The highest BCUT2D eigenvalue weighted by atomic mass is 32.1. The molecule has 9 heteroatoms. The molecule has 2 aromatic heterocycles. The molecule has 0 aliphatic rings. The van der Waals surface area contributed by atoms with Crippen molar-refractivity contribution in [1.82, 2.24) is 9.97 Å². The van der Waals surface area contributed by atoms with Gasteiger partial charge in [0.2, 0.25) is 0 Å². The molecule has 4 rings (SSSR count). The van der Waals surface area contributed by atoms with Crippen molar-refractivity contribution in [2.24, 2.45) is 0 Å². The van der Waals surface area contributed by atoms with E-state index < -0.39 is 17.7 Å². The van der Waals surface area contributed by atoms with Crippen LogP contribution in [-0.4, -0.2) is 21.0 Å². The summed E-state index contributed by atoms with van der Waals surface area (Å²) >= 11 is 1.43. The van der Waals surface area contributed by atoms with Gasteiger partial charge in [-0.1, -0.05) is 18.2 Å². The van der Waals surface area contributed by atoms with Crippen LogP contribution in [0.3, 0.4) is 0 Å². The van der Waals surface area contributed by atoms with E-state index in [1.165, 1.54) is 23.5 Å². The summed E-state index contributed by atoms with van der Waals surface area (Å²) < 4.78 is 44.0. The summed E-state index contributed by atoms with van der Waals surface area (Å²) in [4.78, 5) is 20.8. The predicted molar refractivity (Wildman–Crippen MR) is 110 cm³/mol. The van der Waals surface area contributed by atoms with Crippen LogP contribution in [0, 0.1) is 6.92 Å². The Morgan fingerprint density at radius 3 is 2.52 bits per heavy atom. The minimum Gasteiger partial charge on any atom is -0.481 e. The fourth-order valence-electron chi connectivity index (χ4n) is 3.21. The Kier molecular flexibility index (Phi) is 5.53. The van der Waals surface area contributed by atoms with Crippen molar-refractivity contribution in [3.8, 4) is 10.6 Å². The lowest BCUT2D eigenvalue weighted by atomic mass is 10.1. The third-order valence-electron chi connectivity index (χ3n) is 4.77. The SMILES string of the molecule is Cc1nc(-c2ccc(C(F)(F)F)cc2)sc1CCc1nc2ccc(CC(=O)O)cc2o1. The third-order valence-corrected chi connectivity index (χ3v) is 6.04. The Morgan fingerprint density at radius 2 is 1.84 bits per heavy atom. The minimum absolute atomic E-state index is 0.0846. The van der Waals surface area contributed by atoms with Crippen LogP contribution in [0.2, 0.25) is 0 Å². The number of thiazole rings is 1. The van der Waals surface area contributed by atoms with E-state index in [9.17, 15) is 18.0 Å². The van der Waals surface area contributed by atoms with Crippen LogP contribution in [0.1, 0.15) is 27.6 Å². The largest absolute Gasteiger partial charge is 0.481 e. The lowest BCUT2D eigenvalue weighted by Crippen LogP contribution is -2.03. The standard InChI is InChI=1S/C22H17F3N2O3S/c1-12-18(31-21(26-12)14-3-5-15(6-4-14)22(23,24)25)8-9-19-27-16-7-2-13(11-20(28)29)10-17(16)30-19/h2-7,10H,8-9,11H2,1H3,(H,28,29). The van der Waals surface area contributed by atoms with Gasteiger partial charge >= 0.3 is 12.1 Å². The van der Waals surface area contributed by atoms with Crippen LogP contribution < -0.4 is 0 Å². The normalized spacial score (nSPS) is 11.9. The van der Waals surface area contributed by atoms with E-state index in [1.807, 2.05) is 6.92 Å². The molecule has 1 N–H and O–H groups in total. The molecule has 0 aliphatic carbocycles. The maximum Gasteiger partial charge on any atom is 0.416 e. The number of carbonyl (C=O) groups is 1. The first kappa shape index (κ1) is 21.0. The third kappa shape index (κ3) is 4.77. The molecule has 0 spiro atoms. The van der Waals surface area contributed by atoms with E-state index in [0.717, 1.165) is 22.7 Å². The maximum absolute atomic E-state index is 12.8. The van der Waals surface area contributed by atoms with Crippen LogP contribution in [0.5, 0.6) is 0 Å². The molecule has 0 fully saturated rings. The zero-order valence-corrected chi connectivity index (χ0v) is 17.2. The zero-order valence-electron chi connectivity index (χ0n) is 16.4. The molecule has 0 bridgehead atoms. The molecule has 0 saturated carbocycles. The molecular formula is C22H17F3N2O3S. The first-order valence-electron chi connectivity index (χ1n) is 9.43. The molecule has 2 aromatic carbocycles. The number of alkyl halides is 3. The van der Waals surface area contributed by atoms with Crippen molar-refractivity contribution in [3.05, 3.63) is 70.1 Å². The highest BCUT2D eigenvalue weighted by molar-refractivity contribution is 7.15. The van der Waals surface area contributed by atoms with Gasteiger partial charge in [0, 0.05) is 16.9 Å². The topological polar surface area (TPSA) is 76.2 Å². The van der Waals surface area contributed by atoms with Crippen LogP contribution in [0.25, 0.3) is 21.7 Å². The van der Waals surface area contributed by atoms with Crippen molar-refractivity contribution in [1.29, 1.82) is 0 Å². The average molecular weight is 446 g/mol. The molecule has 2 heterocycles. The fourth-order valence-corrected chi connectivity index (χ4v) is 4.28. The van der Waals surface area contributed by atoms with E-state index in [0.29, 0.717) is 46.0 Å². The number of benzene rings is 2. The summed E-state index contributed by atoms with van der Waals surface area (Å²) in [5, 5.41) is 9.58. The van der Waals surface area contributed by atoms with Gasteiger partial charge in [-0.3, -0.25) is 4.79 Å². The van der Waals surface area contributed by atoms with E-state index in [4.69, 9.17) is 9.52 Å². The summed E-state index contributed by atoms with van der Waals surface area (Å²) in [5.74, 6) is -0.380. The Balaban J connectivity index is 1.48. The Hall–Kier alpha value is -3.20. The number of carboxylic acid groups (broad SMARTS) is 1. The molecule has 0 saturated heterocycles. The monoisotopic (exact) mass is 446 g/mol. The number of rotatable bonds is 6. The van der Waals surface area contributed by atoms with Gasteiger partial charge in [-0.05, 0) is 43.2 Å². The van der Waals surface area contributed by atoms with Gasteiger partial charge < -0.3 is 9.52 Å². The predicted octanol–water partition coefficient (Wildman–Crippen LogP) is 5.69. The smallest absolute Gasteiger partial charge is 0.416 e. The molecule has 0 amide bonds. The average Bonchev–Trinajstić information content (AvgIpc) is 3.28. The first-order chi connectivity index (χ1) is 14.7. The molecule has 5 nitrogen and oxygen atoms in total. The Labute approximate surface area is 179 Å². The van der Waals surface area contributed by atoms with Crippen molar-refractivity contribution in [2.75, 3.05) is 0 Å². The van der Waals surface area contributed by atoms with Crippen molar-refractivity contribution in [2.45, 2.75) is 32.4 Å². The lowest BCUT2D eigenvalue weighted by molar-refractivity contribution is -0.138. The summed E-state index contributed by atoms with van der Waals surface area (Å²) in [5.41, 5.74) is 2.62. The highest BCUT2D eigenvalue weighted by Crippen LogP contribution is 2.33. The molecule has 31 heavy (non-hydrogen) atoms. The quantitative estimate of drug-likeness (QED) is 0.412. The lowest BCUT2D eigenvalue weighted by Gasteiger charge is -2.06. The highest BCUT2D eigenvalue weighted by Gasteiger charge is 2.30. The molecular weight excluding hydrogens is 429 g/mol. The molecule has 4 aromatic rings. The number of fused-ring (bicyclic) bond motifs is 1. The number of hydrogen-bond donors (Lipinski definition) is 1. The maximum atomic E-state index is 12.8. The summed E-state index contributed by atoms with van der Waals surface area (Å²) in [6, 6.07) is 10.1. The Morgan fingerprint density at radius 1 is 1.10 bits per heavy atom. The van der Waals surface area contributed by atoms with Gasteiger partial charge in [0.15, 0.2) is 11.5 Å². The second-order valence-corrected chi connectivity index (χ2v) is 8.17. The van der Waals surface area contributed by atoms with E-state index in [1.54, 1.807) is 18.2 Å². The van der Waals surface area contributed by atoms with Crippen LogP contribution in [0.15, 0.2) is 46.9 Å². The van der Waals surface area contributed by atoms with Gasteiger partial charge in [0.1, 0.15) is 10.5 Å². The molecule has 160 valence electrons. The van der Waals surface area contributed by atoms with Crippen LogP contribution >= 0.6 is 11.3 Å². The van der Waals surface area contributed by atoms with Gasteiger partial charge in [-0.15, -0.1) is 11.3 Å². The van der Waals surface area contributed by atoms with Gasteiger partial charge in [-0.25, -0.2) is 9.97 Å². The van der Waals surface area contributed by atoms with Crippen LogP contribution in [-0.2, 0) is 30.2 Å².